The first-order chi connectivity index (χ1) is 15.7. The second-order valence-corrected chi connectivity index (χ2v) is 9.46. The topological polar surface area (TPSA) is 109 Å². The maximum Gasteiger partial charge on any atom is 0.243 e. The molecule has 1 aliphatic rings. The highest BCUT2D eigenvalue weighted by atomic mass is 32.1. The van der Waals surface area contributed by atoms with Gasteiger partial charge in [0.2, 0.25) is 11.8 Å². The van der Waals surface area contributed by atoms with E-state index in [2.05, 4.69) is 15.5 Å². The van der Waals surface area contributed by atoms with Crippen molar-refractivity contribution in [2.24, 2.45) is 0 Å². The number of carbonyl (C=O) groups excluding carboxylic acids is 2. The van der Waals surface area contributed by atoms with Gasteiger partial charge in [0, 0.05) is 19.0 Å². The Kier molecular flexibility index (Phi) is 6.62. The first-order valence-corrected chi connectivity index (χ1v) is 11.8. The lowest BCUT2D eigenvalue weighted by atomic mass is 10.0. The molecule has 0 saturated carbocycles. The molecule has 1 saturated heterocycles. The summed E-state index contributed by atoms with van der Waals surface area (Å²) >= 11 is 1.60. The zero-order chi connectivity index (χ0) is 23.7. The van der Waals surface area contributed by atoms with Crippen LogP contribution in [0.4, 0.5) is 0 Å². The molecule has 0 bridgehead atoms. The van der Waals surface area contributed by atoms with Gasteiger partial charge >= 0.3 is 0 Å². The Morgan fingerprint density at radius 2 is 1.97 bits per heavy atom. The Hall–Kier alpha value is -3.04. The molecular weight excluding hydrogens is 440 g/mol. The molecule has 2 N–H and O–H groups in total. The van der Waals surface area contributed by atoms with Crippen LogP contribution in [-0.2, 0) is 9.59 Å². The van der Waals surface area contributed by atoms with Gasteiger partial charge in [-0.25, -0.2) is 4.98 Å². The number of β-amino-alcohol motifs (C(OH)–C–C–N with tert-alkyl or cyclic N) is 1. The van der Waals surface area contributed by atoms with E-state index >= 15 is 0 Å². The number of amides is 2. The van der Waals surface area contributed by atoms with E-state index < -0.39 is 18.1 Å². The minimum absolute atomic E-state index is 0.117. The third-order valence-electron chi connectivity index (χ3n) is 6.09. The van der Waals surface area contributed by atoms with E-state index in [1.807, 2.05) is 43.6 Å². The second kappa shape index (κ2) is 9.44. The number of aryl methyl sites for hydroxylation is 2. The van der Waals surface area contributed by atoms with Gasteiger partial charge in [0.25, 0.3) is 0 Å². The number of benzene rings is 1. The van der Waals surface area contributed by atoms with Crippen LogP contribution in [0.1, 0.15) is 54.9 Å². The van der Waals surface area contributed by atoms with Gasteiger partial charge in [-0.2, -0.15) is 0 Å². The van der Waals surface area contributed by atoms with Crippen molar-refractivity contribution in [2.45, 2.75) is 58.2 Å². The summed E-state index contributed by atoms with van der Waals surface area (Å²) in [5.74, 6) is -0.690. The van der Waals surface area contributed by atoms with Gasteiger partial charge in [-0.05, 0) is 38.8 Å². The molecule has 1 aromatic carbocycles. The summed E-state index contributed by atoms with van der Waals surface area (Å²) in [5.41, 5.74) is 5.55. The number of hydrogen-bond donors (Lipinski definition) is 2. The van der Waals surface area contributed by atoms with Crippen LogP contribution in [0.5, 0.6) is 0 Å². The fourth-order valence-electron chi connectivity index (χ4n) is 4.16. The van der Waals surface area contributed by atoms with Crippen molar-refractivity contribution in [3.05, 3.63) is 58.6 Å². The normalized spacial score (nSPS) is 20.0. The van der Waals surface area contributed by atoms with E-state index in [0.29, 0.717) is 11.5 Å². The molecule has 3 aromatic rings. The van der Waals surface area contributed by atoms with Crippen molar-refractivity contribution in [2.75, 3.05) is 6.54 Å². The molecule has 1 aliphatic heterocycles. The molecule has 174 valence electrons. The molecule has 0 aliphatic carbocycles. The van der Waals surface area contributed by atoms with Crippen LogP contribution < -0.4 is 5.32 Å². The Labute approximate surface area is 196 Å². The van der Waals surface area contributed by atoms with Crippen molar-refractivity contribution >= 4 is 23.2 Å². The fraction of sp³-hybridized carbons (Fsp3) is 0.417. The molecule has 33 heavy (non-hydrogen) atoms. The standard InChI is InChI=1S/C24H28N4O4S/c1-13-9-21(32-27-13)14(2)24(31)28-11-19(29)10-20(28)23(30)26-15(3)17-5-7-18(8-6-17)22-16(4)25-12-33-22/h5-9,12,14-15,19-20,29H,10-11H2,1-4H3,(H,26,30)/t14?,15-,19+,20-/m0/s1. The summed E-state index contributed by atoms with van der Waals surface area (Å²) < 4.78 is 5.23. The fourth-order valence-corrected chi connectivity index (χ4v) is 4.97. The predicted molar refractivity (Wildman–Crippen MR) is 125 cm³/mol. The van der Waals surface area contributed by atoms with Gasteiger partial charge < -0.3 is 19.8 Å². The predicted octanol–water partition coefficient (Wildman–Crippen LogP) is 3.36. The van der Waals surface area contributed by atoms with Crippen LogP contribution in [0.15, 0.2) is 40.4 Å². The largest absolute Gasteiger partial charge is 0.391 e. The average Bonchev–Trinajstić information content (AvgIpc) is 3.52. The second-order valence-electron chi connectivity index (χ2n) is 8.61. The van der Waals surface area contributed by atoms with Crippen LogP contribution in [0.3, 0.4) is 0 Å². The van der Waals surface area contributed by atoms with Gasteiger partial charge in [0.1, 0.15) is 11.8 Å². The summed E-state index contributed by atoms with van der Waals surface area (Å²) in [4.78, 5) is 33.1. The number of carbonyl (C=O) groups is 2. The molecule has 2 aromatic heterocycles. The van der Waals surface area contributed by atoms with Crippen LogP contribution >= 0.6 is 11.3 Å². The third kappa shape index (κ3) is 4.84. The summed E-state index contributed by atoms with van der Waals surface area (Å²) in [6, 6.07) is 8.74. The van der Waals surface area contributed by atoms with Crippen molar-refractivity contribution < 1.29 is 19.2 Å². The summed E-state index contributed by atoms with van der Waals surface area (Å²) in [6.45, 7) is 7.51. The number of aliphatic hydroxyl groups is 1. The number of aromatic nitrogens is 2. The smallest absolute Gasteiger partial charge is 0.243 e. The number of aliphatic hydroxyl groups excluding tert-OH is 1. The molecule has 3 heterocycles. The first kappa shape index (κ1) is 23.1. The highest BCUT2D eigenvalue weighted by Gasteiger charge is 2.41. The highest BCUT2D eigenvalue weighted by molar-refractivity contribution is 7.13. The van der Waals surface area contributed by atoms with Gasteiger partial charge in [0.15, 0.2) is 0 Å². The lowest BCUT2D eigenvalue weighted by Crippen LogP contribution is -2.47. The van der Waals surface area contributed by atoms with Gasteiger partial charge in [-0.15, -0.1) is 11.3 Å². The molecular formula is C24H28N4O4S. The lowest BCUT2D eigenvalue weighted by Gasteiger charge is -2.27. The van der Waals surface area contributed by atoms with Gasteiger partial charge in [0.05, 0.1) is 39.8 Å². The Morgan fingerprint density at radius 3 is 2.58 bits per heavy atom. The van der Waals surface area contributed by atoms with Crippen molar-refractivity contribution in [3.63, 3.8) is 0 Å². The molecule has 9 heteroatoms. The average molecular weight is 469 g/mol. The monoisotopic (exact) mass is 468 g/mol. The zero-order valence-electron chi connectivity index (χ0n) is 19.1. The van der Waals surface area contributed by atoms with E-state index in [9.17, 15) is 14.7 Å². The van der Waals surface area contributed by atoms with E-state index in [1.54, 1.807) is 31.3 Å². The maximum absolute atomic E-state index is 13.1. The summed E-state index contributed by atoms with van der Waals surface area (Å²) in [6.07, 6.45) is -0.540. The Morgan fingerprint density at radius 1 is 1.24 bits per heavy atom. The molecule has 4 atom stereocenters. The van der Waals surface area contributed by atoms with Crippen molar-refractivity contribution in [3.8, 4) is 10.4 Å². The number of nitrogens with zero attached hydrogens (tertiary/aromatic N) is 3. The zero-order valence-corrected chi connectivity index (χ0v) is 19.9. The molecule has 2 amide bonds. The van der Waals surface area contributed by atoms with Crippen LogP contribution in [0, 0.1) is 13.8 Å². The summed E-state index contributed by atoms with van der Waals surface area (Å²) in [5, 5.41) is 17.0. The number of hydrogen-bond acceptors (Lipinski definition) is 7. The third-order valence-corrected chi connectivity index (χ3v) is 7.06. The SMILES string of the molecule is Cc1cc(C(C)C(=O)N2C[C@H](O)C[C@H]2C(=O)N[C@@H](C)c2ccc(-c3scnc3C)cc2)on1. The molecule has 0 spiro atoms. The maximum atomic E-state index is 13.1. The van der Waals surface area contributed by atoms with Gasteiger partial charge in [-0.3, -0.25) is 9.59 Å². The minimum atomic E-state index is -0.745. The quantitative estimate of drug-likeness (QED) is 0.574. The molecule has 1 fully saturated rings. The Bertz CT molecular complexity index is 1140. The molecule has 4 rings (SSSR count). The number of likely N-dealkylation sites (tertiary alicyclic amines) is 1. The number of nitrogens with one attached hydrogen (secondary N) is 1. The Balaban J connectivity index is 1.44. The lowest BCUT2D eigenvalue weighted by molar-refractivity contribution is -0.140. The number of thiazole rings is 1. The molecule has 0 radical (unpaired) electrons. The summed E-state index contributed by atoms with van der Waals surface area (Å²) in [7, 11) is 0. The van der Waals surface area contributed by atoms with Crippen molar-refractivity contribution in [1.29, 1.82) is 0 Å². The van der Waals surface area contributed by atoms with Crippen molar-refractivity contribution in [1.82, 2.24) is 20.4 Å². The van der Waals surface area contributed by atoms with E-state index in [1.165, 1.54) is 4.90 Å². The van der Waals surface area contributed by atoms with E-state index in [4.69, 9.17) is 4.52 Å². The molecule has 8 nitrogen and oxygen atoms in total. The van der Waals surface area contributed by atoms with Crippen LogP contribution in [0.2, 0.25) is 0 Å². The van der Waals surface area contributed by atoms with Gasteiger partial charge in [-0.1, -0.05) is 29.4 Å². The van der Waals surface area contributed by atoms with Crippen LogP contribution in [-0.4, -0.2) is 50.7 Å². The van der Waals surface area contributed by atoms with Crippen LogP contribution in [0.25, 0.3) is 10.4 Å². The van der Waals surface area contributed by atoms with E-state index in [0.717, 1.165) is 21.7 Å². The molecule has 1 unspecified atom stereocenters. The van der Waals surface area contributed by atoms with E-state index in [-0.39, 0.29) is 30.8 Å². The first-order valence-electron chi connectivity index (χ1n) is 11.0. The highest BCUT2D eigenvalue weighted by Crippen LogP contribution is 2.29. The number of rotatable bonds is 6. The minimum Gasteiger partial charge on any atom is -0.391 e.